The molecule has 1 N–H and O–H groups in total. The number of rotatable bonds is 6. The summed E-state index contributed by atoms with van der Waals surface area (Å²) in [7, 11) is 4.00. The van der Waals surface area contributed by atoms with Crippen molar-refractivity contribution >= 4 is 5.78 Å². The zero-order chi connectivity index (χ0) is 13.8. The Morgan fingerprint density at radius 1 is 1.33 bits per heavy atom. The van der Waals surface area contributed by atoms with Crippen molar-refractivity contribution < 1.29 is 14.4 Å². The van der Waals surface area contributed by atoms with E-state index in [1.165, 1.54) is 5.56 Å². The number of nitrogens with zero attached hydrogens (tertiary/aromatic N) is 1. The quantitative estimate of drug-likeness (QED) is 0.615. The molecule has 1 aromatic carbocycles. The highest BCUT2D eigenvalue weighted by Crippen LogP contribution is 2.11. The Morgan fingerprint density at radius 3 is 2.39 bits per heavy atom. The fraction of sp³-hybridized carbons (Fsp3) is 0.400. The van der Waals surface area contributed by atoms with Crippen LogP contribution in [0.5, 0.6) is 0 Å². The molecule has 0 saturated heterocycles. The van der Waals surface area contributed by atoms with Gasteiger partial charge in [-0.15, -0.1) is 0 Å². The first-order chi connectivity index (χ1) is 8.32. The second-order valence-electron chi connectivity index (χ2n) is 5.42. The zero-order valence-electron chi connectivity index (χ0n) is 11.4. The van der Waals surface area contributed by atoms with Crippen LogP contribution in [0.2, 0.25) is 0 Å². The van der Waals surface area contributed by atoms with Gasteiger partial charge in [-0.05, 0) is 12.5 Å². The number of carbonyl (C=O) groups is 1. The lowest BCUT2D eigenvalue weighted by atomic mass is 10.1. The van der Waals surface area contributed by atoms with Crippen molar-refractivity contribution in [3.63, 3.8) is 0 Å². The lowest BCUT2D eigenvalue weighted by molar-refractivity contribution is -0.905. The molecule has 0 spiro atoms. The molecule has 1 aromatic rings. The van der Waals surface area contributed by atoms with Crippen molar-refractivity contribution in [2.45, 2.75) is 19.6 Å². The fourth-order valence-corrected chi connectivity index (χ4v) is 1.98. The molecule has 0 aliphatic heterocycles. The summed E-state index contributed by atoms with van der Waals surface area (Å²) in [6, 6.07) is 10.1. The Morgan fingerprint density at radius 2 is 1.89 bits per heavy atom. The van der Waals surface area contributed by atoms with Gasteiger partial charge in [-0.1, -0.05) is 36.9 Å². The van der Waals surface area contributed by atoms with Gasteiger partial charge in [0.15, 0.2) is 11.9 Å². The maximum atomic E-state index is 11.6. The summed E-state index contributed by atoms with van der Waals surface area (Å²) in [5.41, 5.74) is 1.60. The van der Waals surface area contributed by atoms with Crippen LogP contribution in [0.3, 0.4) is 0 Å². The Balaban J connectivity index is 2.65. The van der Waals surface area contributed by atoms with Crippen LogP contribution in [0.1, 0.15) is 12.5 Å². The highest BCUT2D eigenvalue weighted by Gasteiger charge is 2.26. The van der Waals surface area contributed by atoms with E-state index in [-0.39, 0.29) is 5.78 Å². The Bertz CT molecular complexity index is 423. The smallest absolute Gasteiger partial charge is 0.192 e. The molecule has 0 fully saturated rings. The van der Waals surface area contributed by atoms with Gasteiger partial charge in [-0.2, -0.15) is 0 Å². The van der Waals surface area contributed by atoms with E-state index in [1.54, 1.807) is 6.92 Å². The summed E-state index contributed by atoms with van der Waals surface area (Å²) < 4.78 is 0.560. The normalized spacial score (nSPS) is 13.1. The van der Waals surface area contributed by atoms with Crippen LogP contribution in [0.4, 0.5) is 0 Å². The second-order valence-corrected chi connectivity index (χ2v) is 5.42. The largest absolute Gasteiger partial charge is 0.379 e. The topological polar surface area (TPSA) is 37.3 Å². The third-order valence-corrected chi connectivity index (χ3v) is 2.84. The lowest BCUT2D eigenvalue weighted by Gasteiger charge is -2.31. The number of likely N-dealkylation sites (N-methyl/N-ethyl adjacent to an activating group) is 1. The van der Waals surface area contributed by atoms with Crippen molar-refractivity contribution in [2.24, 2.45) is 0 Å². The third-order valence-electron chi connectivity index (χ3n) is 2.84. The van der Waals surface area contributed by atoms with Crippen LogP contribution in [0, 0.1) is 0 Å². The van der Waals surface area contributed by atoms with E-state index in [0.29, 0.717) is 16.6 Å². The predicted molar refractivity (Wildman–Crippen MR) is 72.9 cm³/mol. The molecule has 98 valence electrons. The number of aliphatic hydroxyl groups excluding tert-OH is 1. The molecule has 1 atom stereocenters. The number of hydrogen-bond acceptors (Lipinski definition) is 2. The van der Waals surface area contributed by atoms with Gasteiger partial charge in [0.1, 0.15) is 13.1 Å². The second kappa shape index (κ2) is 5.94. The van der Waals surface area contributed by atoms with Crippen molar-refractivity contribution in [3.05, 3.63) is 48.0 Å². The summed E-state index contributed by atoms with van der Waals surface area (Å²) >= 11 is 0. The third kappa shape index (κ3) is 4.43. The monoisotopic (exact) mass is 248 g/mol. The molecule has 3 nitrogen and oxygen atoms in total. The van der Waals surface area contributed by atoms with Gasteiger partial charge >= 0.3 is 0 Å². The van der Waals surface area contributed by atoms with Crippen LogP contribution in [0.25, 0.3) is 0 Å². The van der Waals surface area contributed by atoms with E-state index in [1.807, 2.05) is 44.4 Å². The molecule has 0 bridgehead atoms. The number of benzene rings is 1. The predicted octanol–water partition coefficient (Wildman–Crippen LogP) is 1.77. The minimum Gasteiger partial charge on any atom is -0.379 e. The van der Waals surface area contributed by atoms with E-state index >= 15 is 0 Å². The summed E-state index contributed by atoms with van der Waals surface area (Å²) in [6.07, 6.45) is -0.971. The molecular weight excluding hydrogens is 226 g/mol. The number of aliphatic hydroxyl groups is 1. The van der Waals surface area contributed by atoms with Gasteiger partial charge in [0.2, 0.25) is 0 Å². The summed E-state index contributed by atoms with van der Waals surface area (Å²) in [6.45, 7) is 6.37. The number of Topliss-reactive ketones (excluding diaryl/α,β-unsaturated/α-hetero) is 1. The first-order valence-corrected chi connectivity index (χ1v) is 6.05. The van der Waals surface area contributed by atoms with Crippen molar-refractivity contribution in [1.82, 2.24) is 0 Å². The maximum Gasteiger partial charge on any atom is 0.192 e. The molecule has 0 saturated carbocycles. The highest BCUT2D eigenvalue weighted by molar-refractivity contribution is 5.97. The molecule has 0 aromatic heterocycles. The molecule has 1 unspecified atom stereocenters. The Labute approximate surface area is 109 Å². The van der Waals surface area contributed by atoms with Crippen LogP contribution in [-0.2, 0) is 11.3 Å². The maximum absolute atomic E-state index is 11.6. The number of carbonyl (C=O) groups excluding carboxylic acids is 1. The van der Waals surface area contributed by atoms with E-state index < -0.39 is 6.10 Å². The Hall–Kier alpha value is -1.45. The molecule has 3 heteroatoms. The molecule has 18 heavy (non-hydrogen) atoms. The molecule has 0 aliphatic rings. The molecule has 0 amide bonds. The first-order valence-electron chi connectivity index (χ1n) is 6.05. The van der Waals surface area contributed by atoms with Gasteiger partial charge in [0, 0.05) is 5.56 Å². The van der Waals surface area contributed by atoms with Gasteiger partial charge < -0.3 is 9.59 Å². The molecule has 0 heterocycles. The minimum atomic E-state index is -0.971. The van der Waals surface area contributed by atoms with Crippen molar-refractivity contribution in [3.8, 4) is 0 Å². The summed E-state index contributed by atoms with van der Waals surface area (Å²) in [4.78, 5) is 11.6. The van der Waals surface area contributed by atoms with Gasteiger partial charge in [-0.25, -0.2) is 0 Å². The average molecular weight is 248 g/mol. The van der Waals surface area contributed by atoms with E-state index in [2.05, 4.69) is 6.58 Å². The standard InChI is InChI=1S/C15H22NO2/c1-12(2)15(18)14(17)11-16(3,4)10-13-8-6-5-7-9-13/h5-9,14,17H,1,10-11H2,2-4H3/q+1. The zero-order valence-corrected chi connectivity index (χ0v) is 11.4. The summed E-state index contributed by atoms with van der Waals surface area (Å²) in [5.74, 6) is -0.269. The van der Waals surface area contributed by atoms with Crippen LogP contribution in [0.15, 0.2) is 42.5 Å². The number of hydrogen-bond donors (Lipinski definition) is 1. The van der Waals surface area contributed by atoms with Gasteiger partial charge in [0.25, 0.3) is 0 Å². The van der Waals surface area contributed by atoms with Crippen molar-refractivity contribution in [1.29, 1.82) is 0 Å². The van der Waals surface area contributed by atoms with Crippen LogP contribution < -0.4 is 0 Å². The highest BCUT2D eigenvalue weighted by atomic mass is 16.3. The van der Waals surface area contributed by atoms with Crippen molar-refractivity contribution in [2.75, 3.05) is 20.6 Å². The average Bonchev–Trinajstić information content (AvgIpc) is 2.27. The summed E-state index contributed by atoms with van der Waals surface area (Å²) in [5, 5.41) is 9.88. The minimum absolute atomic E-state index is 0.269. The molecular formula is C15H22NO2+. The lowest BCUT2D eigenvalue weighted by Crippen LogP contribution is -2.47. The Kier molecular flexibility index (Phi) is 4.82. The van der Waals surface area contributed by atoms with Crippen LogP contribution >= 0.6 is 0 Å². The number of ketones is 1. The molecule has 0 radical (unpaired) electrons. The fourth-order valence-electron chi connectivity index (χ4n) is 1.98. The molecule has 1 rings (SSSR count). The SMILES string of the molecule is C=C(C)C(=O)C(O)C[N+](C)(C)Cc1ccccc1. The number of quaternary nitrogens is 1. The van der Waals surface area contributed by atoms with E-state index in [0.717, 1.165) is 6.54 Å². The van der Waals surface area contributed by atoms with E-state index in [9.17, 15) is 9.90 Å². The van der Waals surface area contributed by atoms with Gasteiger partial charge in [0.05, 0.1) is 14.1 Å². The van der Waals surface area contributed by atoms with Gasteiger partial charge in [-0.3, -0.25) is 4.79 Å². The van der Waals surface area contributed by atoms with E-state index in [4.69, 9.17) is 0 Å². The first kappa shape index (κ1) is 14.6. The van der Waals surface area contributed by atoms with Crippen LogP contribution in [-0.4, -0.2) is 42.1 Å². The molecule has 0 aliphatic carbocycles.